The van der Waals surface area contributed by atoms with Crippen molar-refractivity contribution in [3.05, 3.63) is 53.9 Å². The number of hydrogen-bond donors (Lipinski definition) is 2. The van der Waals surface area contributed by atoms with Crippen molar-refractivity contribution < 1.29 is 10.2 Å². The molecule has 0 bridgehead atoms. The molecule has 2 atom stereocenters. The molecule has 2 unspecified atom stereocenters. The molecule has 96 valence electrons. The minimum atomic E-state index is -0.834. The first-order valence-electron chi connectivity index (χ1n) is 6.06. The van der Waals surface area contributed by atoms with Crippen LogP contribution in [0.4, 0.5) is 0 Å². The molecule has 2 N–H and O–H groups in total. The highest BCUT2D eigenvalue weighted by molar-refractivity contribution is 5.18. The first kappa shape index (κ1) is 12.8. The van der Waals surface area contributed by atoms with Gasteiger partial charge in [-0.2, -0.15) is 5.10 Å². The van der Waals surface area contributed by atoms with E-state index < -0.39 is 12.2 Å². The fourth-order valence-corrected chi connectivity index (χ4v) is 1.97. The summed E-state index contributed by atoms with van der Waals surface area (Å²) in [6.07, 6.45) is 1.34. The molecule has 0 amide bonds. The van der Waals surface area contributed by atoms with E-state index in [1.54, 1.807) is 10.9 Å². The first-order valence-corrected chi connectivity index (χ1v) is 6.06. The molecular formula is C14H18N2O2. The van der Waals surface area contributed by atoms with E-state index in [1.807, 2.05) is 43.4 Å². The summed E-state index contributed by atoms with van der Waals surface area (Å²) in [5.74, 6) is 0. The van der Waals surface area contributed by atoms with Crippen molar-refractivity contribution in [2.75, 3.05) is 0 Å². The Bertz CT molecular complexity index is 482. The number of aryl methyl sites for hydroxylation is 2. The van der Waals surface area contributed by atoms with E-state index in [2.05, 4.69) is 5.10 Å². The molecule has 18 heavy (non-hydrogen) atoms. The van der Waals surface area contributed by atoms with E-state index in [-0.39, 0.29) is 0 Å². The second-order valence-electron chi connectivity index (χ2n) is 4.41. The summed E-state index contributed by atoms with van der Waals surface area (Å²) in [5.41, 5.74) is 1.80. The van der Waals surface area contributed by atoms with Crippen molar-refractivity contribution in [3.8, 4) is 0 Å². The van der Waals surface area contributed by atoms with Crippen LogP contribution >= 0.6 is 0 Å². The number of rotatable bonds is 5. The molecule has 0 radical (unpaired) electrons. The maximum Gasteiger partial charge on any atom is 0.105 e. The Morgan fingerprint density at radius 3 is 2.50 bits per heavy atom. The van der Waals surface area contributed by atoms with Crippen LogP contribution in [0.25, 0.3) is 0 Å². The maximum atomic E-state index is 10.0. The van der Waals surface area contributed by atoms with Crippen LogP contribution in [0.15, 0.2) is 42.6 Å². The van der Waals surface area contributed by atoms with Gasteiger partial charge < -0.3 is 10.2 Å². The average Bonchev–Trinajstić information content (AvgIpc) is 2.81. The van der Waals surface area contributed by atoms with Crippen molar-refractivity contribution in [2.24, 2.45) is 7.05 Å². The molecule has 0 saturated heterocycles. The Balaban J connectivity index is 1.92. The Hall–Kier alpha value is -1.65. The third kappa shape index (κ3) is 2.97. The molecule has 0 fully saturated rings. The molecule has 2 aromatic rings. The van der Waals surface area contributed by atoms with Crippen molar-refractivity contribution in [3.63, 3.8) is 0 Å². The van der Waals surface area contributed by atoms with Crippen LogP contribution in [-0.4, -0.2) is 26.1 Å². The minimum Gasteiger partial charge on any atom is -0.390 e. The summed E-state index contributed by atoms with van der Waals surface area (Å²) in [5, 5.41) is 24.1. The van der Waals surface area contributed by atoms with Gasteiger partial charge in [-0.15, -0.1) is 0 Å². The molecule has 1 heterocycles. The lowest BCUT2D eigenvalue weighted by Gasteiger charge is -2.18. The average molecular weight is 246 g/mol. The molecule has 4 nitrogen and oxygen atoms in total. The third-order valence-corrected chi connectivity index (χ3v) is 3.12. The SMILES string of the molecule is Cn1nccc1CCC(O)C(O)c1ccccc1. The highest BCUT2D eigenvalue weighted by Crippen LogP contribution is 2.19. The normalized spacial score (nSPS) is 14.4. The molecule has 0 aliphatic rings. The fourth-order valence-electron chi connectivity index (χ4n) is 1.97. The highest BCUT2D eigenvalue weighted by Gasteiger charge is 2.18. The van der Waals surface area contributed by atoms with Crippen LogP contribution in [0.3, 0.4) is 0 Å². The van der Waals surface area contributed by atoms with E-state index in [9.17, 15) is 10.2 Å². The molecule has 2 rings (SSSR count). The smallest absolute Gasteiger partial charge is 0.105 e. The van der Waals surface area contributed by atoms with Crippen molar-refractivity contribution >= 4 is 0 Å². The van der Waals surface area contributed by atoms with Crippen molar-refractivity contribution in [1.29, 1.82) is 0 Å². The lowest BCUT2D eigenvalue weighted by molar-refractivity contribution is 0.0134. The van der Waals surface area contributed by atoms with E-state index in [0.717, 1.165) is 11.3 Å². The van der Waals surface area contributed by atoms with Crippen LogP contribution < -0.4 is 0 Å². The zero-order valence-electron chi connectivity index (χ0n) is 10.4. The number of aromatic nitrogens is 2. The van der Waals surface area contributed by atoms with Gasteiger partial charge in [0, 0.05) is 18.9 Å². The Morgan fingerprint density at radius 1 is 1.17 bits per heavy atom. The van der Waals surface area contributed by atoms with Crippen molar-refractivity contribution in [1.82, 2.24) is 9.78 Å². The van der Waals surface area contributed by atoms with Gasteiger partial charge in [0.05, 0.1) is 6.10 Å². The standard InChI is InChI=1S/C14H18N2O2/c1-16-12(9-10-15-16)7-8-13(17)14(18)11-5-3-2-4-6-11/h2-6,9-10,13-14,17-18H,7-8H2,1H3. The lowest BCUT2D eigenvalue weighted by atomic mass is 10.0. The quantitative estimate of drug-likeness (QED) is 0.839. The van der Waals surface area contributed by atoms with E-state index >= 15 is 0 Å². The topological polar surface area (TPSA) is 58.3 Å². The molecule has 1 aromatic heterocycles. The zero-order valence-corrected chi connectivity index (χ0v) is 10.4. The second kappa shape index (κ2) is 5.80. The second-order valence-corrected chi connectivity index (χ2v) is 4.41. The van der Waals surface area contributed by atoms with Gasteiger partial charge in [0.2, 0.25) is 0 Å². The van der Waals surface area contributed by atoms with Gasteiger partial charge in [-0.1, -0.05) is 30.3 Å². The predicted octanol–water partition coefficient (Wildman–Crippen LogP) is 1.45. The van der Waals surface area contributed by atoms with Gasteiger partial charge in [-0.05, 0) is 24.5 Å². The number of aliphatic hydroxyl groups excluding tert-OH is 2. The van der Waals surface area contributed by atoms with Crippen LogP contribution in [0, 0.1) is 0 Å². The summed E-state index contributed by atoms with van der Waals surface area (Å²) in [6.45, 7) is 0. The molecular weight excluding hydrogens is 228 g/mol. The Labute approximate surface area is 107 Å². The number of hydrogen-bond acceptors (Lipinski definition) is 3. The Morgan fingerprint density at radius 2 is 1.89 bits per heavy atom. The summed E-state index contributed by atoms with van der Waals surface area (Å²) in [6, 6.07) is 11.1. The van der Waals surface area contributed by atoms with Gasteiger partial charge in [-0.25, -0.2) is 0 Å². The number of aliphatic hydroxyl groups is 2. The van der Waals surface area contributed by atoms with E-state index in [1.165, 1.54) is 0 Å². The van der Waals surface area contributed by atoms with Crippen molar-refractivity contribution in [2.45, 2.75) is 25.0 Å². The van der Waals surface area contributed by atoms with Gasteiger partial charge in [-0.3, -0.25) is 4.68 Å². The van der Waals surface area contributed by atoms with Crippen LogP contribution in [0.2, 0.25) is 0 Å². The minimum absolute atomic E-state index is 0.510. The Kier molecular flexibility index (Phi) is 4.12. The van der Waals surface area contributed by atoms with Gasteiger partial charge in [0.25, 0.3) is 0 Å². The summed E-state index contributed by atoms with van der Waals surface area (Å²) < 4.78 is 1.78. The molecule has 0 aliphatic heterocycles. The summed E-state index contributed by atoms with van der Waals surface area (Å²) in [4.78, 5) is 0. The molecule has 4 heteroatoms. The first-order chi connectivity index (χ1) is 8.68. The zero-order chi connectivity index (χ0) is 13.0. The predicted molar refractivity (Wildman–Crippen MR) is 68.9 cm³/mol. The van der Waals surface area contributed by atoms with E-state index in [0.29, 0.717) is 12.8 Å². The molecule has 0 saturated carbocycles. The lowest BCUT2D eigenvalue weighted by Crippen LogP contribution is -2.19. The van der Waals surface area contributed by atoms with Gasteiger partial charge in [0.15, 0.2) is 0 Å². The largest absolute Gasteiger partial charge is 0.390 e. The molecule has 0 aliphatic carbocycles. The fraction of sp³-hybridized carbons (Fsp3) is 0.357. The number of benzene rings is 1. The van der Waals surface area contributed by atoms with Crippen LogP contribution in [-0.2, 0) is 13.5 Å². The monoisotopic (exact) mass is 246 g/mol. The molecule has 1 aromatic carbocycles. The van der Waals surface area contributed by atoms with Gasteiger partial charge >= 0.3 is 0 Å². The third-order valence-electron chi connectivity index (χ3n) is 3.12. The maximum absolute atomic E-state index is 10.0. The van der Waals surface area contributed by atoms with Crippen LogP contribution in [0.5, 0.6) is 0 Å². The van der Waals surface area contributed by atoms with Crippen LogP contribution in [0.1, 0.15) is 23.8 Å². The number of nitrogens with zero attached hydrogens (tertiary/aromatic N) is 2. The van der Waals surface area contributed by atoms with E-state index in [4.69, 9.17) is 0 Å². The summed E-state index contributed by atoms with van der Waals surface area (Å²) >= 11 is 0. The van der Waals surface area contributed by atoms with Gasteiger partial charge in [0.1, 0.15) is 6.10 Å². The summed E-state index contributed by atoms with van der Waals surface area (Å²) in [7, 11) is 1.87. The highest BCUT2D eigenvalue weighted by atomic mass is 16.3. The molecule has 0 spiro atoms.